The zero-order chi connectivity index (χ0) is 26.0. The molecular formula is C24H23FN10O3. The van der Waals surface area contributed by atoms with Gasteiger partial charge in [-0.1, -0.05) is 0 Å². The second-order valence-corrected chi connectivity index (χ2v) is 10.1. The lowest BCUT2D eigenvalue weighted by Gasteiger charge is -2.61. The molecule has 4 fully saturated rings. The number of aromatic amines is 1. The molecule has 13 nitrogen and oxygen atoms in total. The number of nitrogens with zero attached hydrogens (tertiary/aromatic N) is 7. The lowest BCUT2D eigenvalue weighted by atomic mass is 9.50. The third-order valence-electron chi connectivity index (χ3n) is 7.59. The molecule has 38 heavy (non-hydrogen) atoms. The zero-order valence-corrected chi connectivity index (χ0v) is 20.3. The number of carbonyl (C=O) groups excluding carboxylic acids is 1. The molecule has 0 aromatic carbocycles. The predicted octanol–water partition coefficient (Wildman–Crippen LogP) is 2.52. The topological polar surface area (TPSA) is 160 Å². The van der Waals surface area contributed by atoms with Gasteiger partial charge in [-0.05, 0) is 31.2 Å². The number of fused-ring (bicyclic) bond motifs is 1. The number of amides is 1. The van der Waals surface area contributed by atoms with Crippen LogP contribution in [0.5, 0.6) is 0 Å². The highest BCUT2D eigenvalue weighted by Gasteiger charge is 2.58. The average Bonchev–Trinajstić information content (AvgIpc) is 3.64. The standard InChI is InChI=1S/C24H23FN10O3/c1-34-16(2-3-28-34)14-9-27-22(35-10-13(8-26)29-21(14)35)30-18-4-15(32-33-18)20-19(25)17(11-37-20)38-23(36)31-24-5-12(6-24)7-24/h2-4,9-10,12,17,19-20H,5-7,11H2,1H3,(H,31,36)(H2,27,30,32,33)/t12?,17-,19+,20-,24?/m0/s1. The number of alkyl halides is 1. The maximum absolute atomic E-state index is 15.2. The third kappa shape index (κ3) is 3.58. The Morgan fingerprint density at radius 1 is 1.39 bits per heavy atom. The molecule has 3 atom stereocenters. The molecule has 1 saturated heterocycles. The number of rotatable bonds is 6. The number of anilines is 2. The summed E-state index contributed by atoms with van der Waals surface area (Å²) < 4.78 is 29.5. The highest BCUT2D eigenvalue weighted by atomic mass is 19.1. The maximum Gasteiger partial charge on any atom is 0.408 e. The second-order valence-electron chi connectivity index (χ2n) is 10.1. The van der Waals surface area contributed by atoms with Gasteiger partial charge in [0.15, 0.2) is 29.4 Å². The first-order chi connectivity index (χ1) is 18.4. The molecule has 0 spiro atoms. The van der Waals surface area contributed by atoms with E-state index in [-0.39, 0.29) is 17.8 Å². The van der Waals surface area contributed by atoms with Gasteiger partial charge in [-0.3, -0.25) is 14.2 Å². The van der Waals surface area contributed by atoms with E-state index in [0.717, 1.165) is 25.0 Å². The number of aryl methyl sites for hydroxylation is 1. The Bertz CT molecular complexity index is 1590. The van der Waals surface area contributed by atoms with E-state index in [0.29, 0.717) is 34.6 Å². The summed E-state index contributed by atoms with van der Waals surface area (Å²) >= 11 is 0. The SMILES string of the molecule is Cn1nccc1-c1cnc(Nc2cc([C@@H]3OC[C@H](OC(=O)NC45CC(C4)C5)[C@H]3F)[nH]n2)n2cc(C#N)nc12. The molecule has 3 N–H and O–H groups in total. The van der Waals surface area contributed by atoms with E-state index in [2.05, 4.69) is 35.9 Å². The van der Waals surface area contributed by atoms with E-state index in [9.17, 15) is 10.1 Å². The molecule has 0 radical (unpaired) electrons. The first kappa shape index (κ1) is 22.7. The molecule has 1 amide bonds. The van der Waals surface area contributed by atoms with Crippen LogP contribution in [0.2, 0.25) is 0 Å². The van der Waals surface area contributed by atoms with Gasteiger partial charge in [-0.15, -0.1) is 0 Å². The third-order valence-corrected chi connectivity index (χ3v) is 7.59. The van der Waals surface area contributed by atoms with Gasteiger partial charge >= 0.3 is 6.09 Å². The van der Waals surface area contributed by atoms with Gasteiger partial charge in [0.1, 0.15) is 12.2 Å². The number of ether oxygens (including phenoxy) is 2. The van der Waals surface area contributed by atoms with E-state index < -0.39 is 24.5 Å². The van der Waals surface area contributed by atoms with Crippen LogP contribution in [0.4, 0.5) is 21.0 Å². The van der Waals surface area contributed by atoms with Gasteiger partial charge in [0.05, 0.1) is 29.8 Å². The number of imidazole rings is 1. The summed E-state index contributed by atoms with van der Waals surface area (Å²) in [6.07, 6.45) is 3.64. The van der Waals surface area contributed by atoms with Crippen molar-refractivity contribution in [3.8, 4) is 17.3 Å². The van der Waals surface area contributed by atoms with Gasteiger partial charge in [-0.2, -0.15) is 15.5 Å². The van der Waals surface area contributed by atoms with E-state index in [1.54, 1.807) is 40.8 Å². The fourth-order valence-electron chi connectivity index (χ4n) is 5.56. The van der Waals surface area contributed by atoms with Gasteiger partial charge in [0, 0.05) is 31.0 Å². The highest BCUT2D eigenvalue weighted by Crippen LogP contribution is 2.57. The van der Waals surface area contributed by atoms with Crippen molar-refractivity contribution in [1.82, 2.24) is 39.7 Å². The lowest BCUT2D eigenvalue weighted by molar-refractivity contribution is -0.0528. The van der Waals surface area contributed by atoms with Crippen LogP contribution in [-0.2, 0) is 16.5 Å². The van der Waals surface area contributed by atoms with Crippen LogP contribution >= 0.6 is 0 Å². The van der Waals surface area contributed by atoms with Crippen molar-refractivity contribution >= 4 is 23.5 Å². The van der Waals surface area contributed by atoms with Crippen LogP contribution in [-0.4, -0.2) is 64.9 Å². The monoisotopic (exact) mass is 518 g/mol. The fourth-order valence-corrected chi connectivity index (χ4v) is 5.56. The molecule has 2 bridgehead atoms. The number of alkyl carbamates (subject to hydrolysis) is 1. The van der Waals surface area contributed by atoms with Crippen LogP contribution in [0.15, 0.2) is 30.7 Å². The van der Waals surface area contributed by atoms with Gasteiger partial charge in [0.2, 0.25) is 5.95 Å². The van der Waals surface area contributed by atoms with Crippen molar-refractivity contribution in [1.29, 1.82) is 5.26 Å². The molecule has 0 unspecified atom stereocenters. The molecule has 4 aliphatic rings. The maximum atomic E-state index is 15.2. The number of halogens is 1. The summed E-state index contributed by atoms with van der Waals surface area (Å²) in [5.74, 6) is 1.42. The molecule has 3 saturated carbocycles. The number of nitrogens with one attached hydrogen (secondary N) is 3. The Kier molecular flexibility index (Phi) is 4.92. The van der Waals surface area contributed by atoms with Crippen LogP contribution in [0.25, 0.3) is 16.9 Å². The van der Waals surface area contributed by atoms with Crippen molar-refractivity contribution in [3.63, 3.8) is 0 Å². The minimum atomic E-state index is -1.56. The largest absolute Gasteiger partial charge is 0.441 e. The summed E-state index contributed by atoms with van der Waals surface area (Å²) in [5, 5.41) is 26.6. The van der Waals surface area contributed by atoms with Crippen LogP contribution in [0.3, 0.4) is 0 Å². The number of H-pyrrole nitrogens is 1. The van der Waals surface area contributed by atoms with Crippen molar-refractivity contribution in [2.45, 2.75) is 43.2 Å². The van der Waals surface area contributed by atoms with E-state index in [1.807, 2.05) is 12.1 Å². The lowest BCUT2D eigenvalue weighted by Crippen LogP contribution is -2.68. The van der Waals surface area contributed by atoms with E-state index in [4.69, 9.17) is 9.47 Å². The summed E-state index contributed by atoms with van der Waals surface area (Å²) in [6, 6.07) is 5.48. The van der Waals surface area contributed by atoms with Crippen molar-refractivity contribution in [2.75, 3.05) is 11.9 Å². The zero-order valence-electron chi connectivity index (χ0n) is 20.3. The van der Waals surface area contributed by atoms with Crippen molar-refractivity contribution < 1.29 is 18.7 Å². The summed E-state index contributed by atoms with van der Waals surface area (Å²) in [7, 11) is 1.80. The Balaban J connectivity index is 1.07. The molecule has 4 aromatic rings. The Labute approximate surface area is 215 Å². The van der Waals surface area contributed by atoms with Crippen molar-refractivity contribution in [3.05, 3.63) is 42.1 Å². The number of carbonyl (C=O) groups is 1. The molecule has 1 aliphatic heterocycles. The van der Waals surface area contributed by atoms with Gasteiger partial charge in [-0.25, -0.2) is 19.2 Å². The Morgan fingerprint density at radius 3 is 2.95 bits per heavy atom. The summed E-state index contributed by atoms with van der Waals surface area (Å²) in [6.45, 7) is -0.0553. The Hall–Kier alpha value is -4.51. The Morgan fingerprint density at radius 2 is 2.24 bits per heavy atom. The van der Waals surface area contributed by atoms with Crippen LogP contribution in [0, 0.1) is 17.2 Å². The second kappa shape index (κ2) is 8.25. The molecule has 194 valence electrons. The number of aromatic nitrogens is 7. The fraction of sp³-hybridized carbons (Fsp3) is 0.417. The van der Waals surface area contributed by atoms with Crippen molar-refractivity contribution in [2.24, 2.45) is 13.0 Å². The van der Waals surface area contributed by atoms with E-state index in [1.165, 1.54) is 0 Å². The van der Waals surface area contributed by atoms with Crippen LogP contribution in [0.1, 0.15) is 36.8 Å². The molecule has 5 heterocycles. The predicted molar refractivity (Wildman–Crippen MR) is 129 cm³/mol. The molecule has 14 heteroatoms. The quantitative estimate of drug-likeness (QED) is 0.348. The van der Waals surface area contributed by atoms with Crippen LogP contribution < -0.4 is 10.6 Å². The summed E-state index contributed by atoms with van der Waals surface area (Å²) in [5.41, 5.74) is 2.46. The number of hydrogen-bond donors (Lipinski definition) is 3. The first-order valence-corrected chi connectivity index (χ1v) is 12.2. The molecule has 8 rings (SSSR count). The highest BCUT2D eigenvalue weighted by molar-refractivity contribution is 5.77. The molecule has 4 aromatic heterocycles. The number of nitriles is 1. The minimum Gasteiger partial charge on any atom is -0.441 e. The molecule has 3 aliphatic carbocycles. The summed E-state index contributed by atoms with van der Waals surface area (Å²) in [4.78, 5) is 21.2. The van der Waals surface area contributed by atoms with E-state index >= 15 is 4.39 Å². The normalized spacial score (nSPS) is 27.4. The average molecular weight is 519 g/mol. The van der Waals surface area contributed by atoms with Gasteiger partial charge < -0.3 is 20.1 Å². The smallest absolute Gasteiger partial charge is 0.408 e. The first-order valence-electron chi connectivity index (χ1n) is 12.2. The number of hydrogen-bond acceptors (Lipinski definition) is 9. The molecular weight excluding hydrogens is 495 g/mol. The van der Waals surface area contributed by atoms with Gasteiger partial charge in [0.25, 0.3) is 0 Å². The minimum absolute atomic E-state index is 0.0553.